The highest BCUT2D eigenvalue weighted by molar-refractivity contribution is 9.10. The van der Waals surface area contributed by atoms with Crippen molar-refractivity contribution >= 4 is 27.3 Å². The van der Waals surface area contributed by atoms with Crippen LogP contribution < -0.4 is 10.1 Å². The maximum atomic E-state index is 13.5. The Balaban J connectivity index is 1.82. The number of nitrogens with one attached hydrogen (secondary N) is 1. The molecular formula is C14H14BrF2NOS. The fraction of sp³-hybridized carbons (Fsp3) is 0.286. The van der Waals surface area contributed by atoms with Crippen molar-refractivity contribution < 1.29 is 13.5 Å². The Morgan fingerprint density at radius 2 is 2.20 bits per heavy atom. The Labute approximate surface area is 128 Å². The van der Waals surface area contributed by atoms with Gasteiger partial charge in [0.1, 0.15) is 6.61 Å². The smallest absolute Gasteiger partial charge is 0.200 e. The Morgan fingerprint density at radius 3 is 2.90 bits per heavy atom. The average Bonchev–Trinajstić information content (AvgIpc) is 2.93. The molecule has 0 saturated heterocycles. The maximum absolute atomic E-state index is 13.5. The Hall–Kier alpha value is -0.980. The molecule has 0 radical (unpaired) electrons. The molecule has 0 aliphatic heterocycles. The molecule has 1 N–H and O–H groups in total. The van der Waals surface area contributed by atoms with Crippen LogP contribution in [0.5, 0.6) is 5.75 Å². The van der Waals surface area contributed by atoms with Crippen LogP contribution in [-0.2, 0) is 0 Å². The summed E-state index contributed by atoms with van der Waals surface area (Å²) >= 11 is 4.78. The van der Waals surface area contributed by atoms with Crippen LogP contribution in [0.1, 0.15) is 17.8 Å². The number of rotatable bonds is 6. The summed E-state index contributed by atoms with van der Waals surface area (Å²) in [5, 5.41) is 5.28. The fourth-order valence-electron chi connectivity index (χ4n) is 1.71. The highest BCUT2D eigenvalue weighted by Gasteiger charge is 2.11. The van der Waals surface area contributed by atoms with Crippen molar-refractivity contribution in [1.82, 2.24) is 5.32 Å². The van der Waals surface area contributed by atoms with E-state index in [1.165, 1.54) is 10.9 Å². The quantitative estimate of drug-likeness (QED) is 0.603. The van der Waals surface area contributed by atoms with E-state index < -0.39 is 11.6 Å². The van der Waals surface area contributed by atoms with E-state index in [0.717, 1.165) is 6.07 Å². The third-order valence-corrected chi connectivity index (χ3v) is 4.25. The van der Waals surface area contributed by atoms with Crippen molar-refractivity contribution in [2.24, 2.45) is 0 Å². The van der Waals surface area contributed by atoms with Crippen molar-refractivity contribution in [1.29, 1.82) is 0 Å². The van der Waals surface area contributed by atoms with Crippen LogP contribution >= 0.6 is 27.3 Å². The van der Waals surface area contributed by atoms with Gasteiger partial charge in [0.25, 0.3) is 0 Å². The first-order chi connectivity index (χ1) is 9.58. The van der Waals surface area contributed by atoms with Crippen molar-refractivity contribution in [2.75, 3.05) is 13.2 Å². The summed E-state index contributed by atoms with van der Waals surface area (Å²) in [6.45, 7) is 2.86. The zero-order valence-electron chi connectivity index (χ0n) is 10.8. The van der Waals surface area contributed by atoms with Crippen LogP contribution in [0.25, 0.3) is 0 Å². The minimum Gasteiger partial charge on any atom is -0.489 e. The van der Waals surface area contributed by atoms with Crippen LogP contribution in [0.4, 0.5) is 8.78 Å². The van der Waals surface area contributed by atoms with Gasteiger partial charge in [0.2, 0.25) is 5.82 Å². The maximum Gasteiger partial charge on any atom is 0.200 e. The SMILES string of the molecule is CC(NCCOc1cc(Br)cc(F)c1F)c1cccs1. The summed E-state index contributed by atoms with van der Waals surface area (Å²) in [5.41, 5.74) is 0. The molecule has 20 heavy (non-hydrogen) atoms. The summed E-state index contributed by atoms with van der Waals surface area (Å²) in [4.78, 5) is 1.23. The predicted molar refractivity (Wildman–Crippen MR) is 80.3 cm³/mol. The zero-order valence-corrected chi connectivity index (χ0v) is 13.2. The second-order valence-electron chi connectivity index (χ2n) is 4.24. The molecule has 108 valence electrons. The monoisotopic (exact) mass is 361 g/mol. The molecule has 0 amide bonds. The van der Waals surface area contributed by atoms with Gasteiger partial charge in [-0.15, -0.1) is 11.3 Å². The Kier molecular flexibility index (Phi) is 5.51. The van der Waals surface area contributed by atoms with E-state index in [4.69, 9.17) is 4.74 Å². The highest BCUT2D eigenvalue weighted by atomic mass is 79.9. The van der Waals surface area contributed by atoms with Crippen LogP contribution in [0, 0.1) is 11.6 Å². The molecule has 0 aliphatic carbocycles. The van der Waals surface area contributed by atoms with Crippen molar-refractivity contribution in [3.05, 3.63) is 50.6 Å². The van der Waals surface area contributed by atoms with Gasteiger partial charge in [-0.2, -0.15) is 4.39 Å². The van der Waals surface area contributed by atoms with Gasteiger partial charge in [0.05, 0.1) is 0 Å². The number of hydrogen-bond acceptors (Lipinski definition) is 3. The van der Waals surface area contributed by atoms with E-state index in [-0.39, 0.29) is 18.4 Å². The molecule has 2 aromatic rings. The van der Waals surface area contributed by atoms with E-state index in [1.54, 1.807) is 11.3 Å². The van der Waals surface area contributed by atoms with E-state index >= 15 is 0 Å². The second kappa shape index (κ2) is 7.15. The third kappa shape index (κ3) is 4.01. The fourth-order valence-corrected chi connectivity index (χ4v) is 2.88. The van der Waals surface area contributed by atoms with Gasteiger partial charge < -0.3 is 10.1 Å². The normalized spacial score (nSPS) is 12.4. The summed E-state index contributed by atoms with van der Waals surface area (Å²) in [6.07, 6.45) is 0. The molecule has 1 atom stereocenters. The molecule has 0 spiro atoms. The summed E-state index contributed by atoms with van der Waals surface area (Å²) in [5.74, 6) is -1.96. The molecule has 6 heteroatoms. The molecule has 0 bridgehead atoms. The van der Waals surface area contributed by atoms with Gasteiger partial charge in [0.15, 0.2) is 11.6 Å². The first-order valence-corrected chi connectivity index (χ1v) is 7.79. The summed E-state index contributed by atoms with van der Waals surface area (Å²) in [6, 6.07) is 6.74. The lowest BCUT2D eigenvalue weighted by molar-refractivity contribution is 0.288. The molecule has 0 saturated carbocycles. The third-order valence-electron chi connectivity index (χ3n) is 2.74. The van der Waals surface area contributed by atoms with E-state index in [2.05, 4.69) is 21.2 Å². The topological polar surface area (TPSA) is 21.3 Å². The largest absolute Gasteiger partial charge is 0.489 e. The average molecular weight is 362 g/mol. The minimum absolute atomic E-state index is 0.0811. The van der Waals surface area contributed by atoms with Gasteiger partial charge in [0, 0.05) is 21.9 Å². The Morgan fingerprint density at radius 1 is 1.40 bits per heavy atom. The molecule has 1 aromatic carbocycles. The van der Waals surface area contributed by atoms with Gasteiger partial charge in [-0.1, -0.05) is 22.0 Å². The van der Waals surface area contributed by atoms with Crippen LogP contribution in [0.3, 0.4) is 0 Å². The van der Waals surface area contributed by atoms with Crippen molar-refractivity contribution in [3.8, 4) is 5.75 Å². The molecular weight excluding hydrogens is 348 g/mol. The van der Waals surface area contributed by atoms with Crippen LogP contribution in [0.15, 0.2) is 34.1 Å². The van der Waals surface area contributed by atoms with Gasteiger partial charge in [-0.25, -0.2) is 4.39 Å². The van der Waals surface area contributed by atoms with Crippen molar-refractivity contribution in [2.45, 2.75) is 13.0 Å². The standard InChI is InChI=1S/C14H14BrF2NOS/c1-9(13-3-2-6-20-13)18-4-5-19-12-8-10(15)7-11(16)14(12)17/h2-3,6-9,18H,4-5H2,1H3. The van der Waals surface area contributed by atoms with Gasteiger partial charge >= 0.3 is 0 Å². The first kappa shape index (κ1) is 15.4. The molecule has 0 fully saturated rings. The number of thiophene rings is 1. The van der Waals surface area contributed by atoms with E-state index in [0.29, 0.717) is 11.0 Å². The lowest BCUT2D eigenvalue weighted by Gasteiger charge is -2.13. The van der Waals surface area contributed by atoms with E-state index in [1.807, 2.05) is 24.4 Å². The van der Waals surface area contributed by atoms with Crippen LogP contribution in [0.2, 0.25) is 0 Å². The van der Waals surface area contributed by atoms with E-state index in [9.17, 15) is 8.78 Å². The number of benzene rings is 1. The number of halogens is 3. The summed E-state index contributed by atoms with van der Waals surface area (Å²) in [7, 11) is 0. The minimum atomic E-state index is -0.959. The highest BCUT2D eigenvalue weighted by Crippen LogP contribution is 2.25. The lowest BCUT2D eigenvalue weighted by atomic mass is 10.3. The lowest BCUT2D eigenvalue weighted by Crippen LogP contribution is -2.24. The van der Waals surface area contributed by atoms with Crippen LogP contribution in [-0.4, -0.2) is 13.2 Å². The molecule has 1 heterocycles. The Bertz CT molecular complexity index is 563. The van der Waals surface area contributed by atoms with Gasteiger partial charge in [-0.3, -0.25) is 0 Å². The number of hydrogen-bond donors (Lipinski definition) is 1. The number of ether oxygens (including phenoxy) is 1. The molecule has 2 nitrogen and oxygen atoms in total. The van der Waals surface area contributed by atoms with Crippen molar-refractivity contribution in [3.63, 3.8) is 0 Å². The molecule has 1 unspecified atom stereocenters. The molecule has 2 rings (SSSR count). The zero-order chi connectivity index (χ0) is 14.5. The molecule has 1 aromatic heterocycles. The predicted octanol–water partition coefficient (Wildman–Crippen LogP) is 4.52. The first-order valence-electron chi connectivity index (χ1n) is 6.12. The second-order valence-corrected chi connectivity index (χ2v) is 6.13. The van der Waals surface area contributed by atoms with Gasteiger partial charge in [-0.05, 0) is 30.5 Å². The summed E-state index contributed by atoms with van der Waals surface area (Å²) < 4.78 is 32.3. The molecule has 0 aliphatic rings.